The minimum Gasteiger partial charge on any atom is -0.208 e. The smallest absolute Gasteiger partial charge is 0.164 e. The van der Waals surface area contributed by atoms with E-state index in [1.54, 1.807) is 11.3 Å². The maximum absolute atomic E-state index is 4.99. The van der Waals surface area contributed by atoms with Gasteiger partial charge in [-0.05, 0) is 68.8 Å². The molecule has 11 aromatic rings. The van der Waals surface area contributed by atoms with Gasteiger partial charge in [-0.2, -0.15) is 0 Å². The summed E-state index contributed by atoms with van der Waals surface area (Å²) in [5.74, 6) is 1.92. The van der Waals surface area contributed by atoms with Crippen LogP contribution in [0.15, 0.2) is 200 Å². The maximum Gasteiger partial charge on any atom is 0.164 e. The summed E-state index contributed by atoms with van der Waals surface area (Å²) in [6.45, 7) is 0. The fourth-order valence-electron chi connectivity index (χ4n) is 7.74. The average Bonchev–Trinajstić information content (AvgIpc) is 3.71. The number of hydrogen-bond acceptors (Lipinski definition) is 6. The number of benzene rings is 8. The highest BCUT2D eigenvalue weighted by atomic mass is 32.1. The normalized spacial score (nSPS) is 11.4. The standard InChI is InChI=1S/C53H33N5S/c1-3-10-34(11-4-1)35-22-26-40(27-23-35)52-54-51(39-12-5-2-6-13-39)55-53(56-52)41-28-24-37(25-29-41)36-18-20-38(21-19-36)42-14-9-15-43(32-42)44-30-31-48-46(33-44)49-50(59-48)45-16-7-8-17-47(45)57-58-49/h1-33H. The van der Waals surface area contributed by atoms with Gasteiger partial charge in [0.2, 0.25) is 0 Å². The summed E-state index contributed by atoms with van der Waals surface area (Å²) in [7, 11) is 0. The lowest BCUT2D eigenvalue weighted by Gasteiger charge is -2.10. The van der Waals surface area contributed by atoms with Gasteiger partial charge in [-0.15, -0.1) is 21.5 Å². The van der Waals surface area contributed by atoms with Crippen LogP contribution in [-0.4, -0.2) is 25.1 Å². The molecule has 3 heterocycles. The van der Waals surface area contributed by atoms with Gasteiger partial charge in [0.05, 0.1) is 10.2 Å². The van der Waals surface area contributed by atoms with Crippen molar-refractivity contribution in [2.75, 3.05) is 0 Å². The van der Waals surface area contributed by atoms with Crippen molar-refractivity contribution in [2.45, 2.75) is 0 Å². The van der Waals surface area contributed by atoms with Crippen LogP contribution in [0.25, 0.3) is 110 Å². The van der Waals surface area contributed by atoms with Crippen molar-refractivity contribution in [3.63, 3.8) is 0 Å². The first kappa shape index (κ1) is 34.6. The second kappa shape index (κ2) is 14.7. The summed E-state index contributed by atoms with van der Waals surface area (Å²) in [4.78, 5) is 14.9. The fourth-order valence-corrected chi connectivity index (χ4v) is 8.89. The molecule has 0 aliphatic carbocycles. The Kier molecular flexibility index (Phi) is 8.60. The first-order valence-electron chi connectivity index (χ1n) is 19.6. The minimum absolute atomic E-state index is 0.635. The van der Waals surface area contributed by atoms with Crippen molar-refractivity contribution in [1.82, 2.24) is 25.1 Å². The van der Waals surface area contributed by atoms with Gasteiger partial charge in [0.25, 0.3) is 0 Å². The van der Waals surface area contributed by atoms with Crippen LogP contribution < -0.4 is 0 Å². The zero-order chi connectivity index (χ0) is 39.1. The Bertz CT molecular complexity index is 3290. The van der Waals surface area contributed by atoms with Crippen LogP contribution in [0.1, 0.15) is 0 Å². The molecule has 3 aromatic heterocycles. The van der Waals surface area contributed by atoms with Gasteiger partial charge >= 0.3 is 0 Å². The van der Waals surface area contributed by atoms with Crippen LogP contribution in [0.2, 0.25) is 0 Å². The predicted molar refractivity (Wildman–Crippen MR) is 244 cm³/mol. The van der Waals surface area contributed by atoms with E-state index in [0.29, 0.717) is 17.5 Å². The number of nitrogens with zero attached hydrogens (tertiary/aromatic N) is 5. The van der Waals surface area contributed by atoms with Crippen LogP contribution in [0.5, 0.6) is 0 Å². The summed E-state index contributed by atoms with van der Waals surface area (Å²) in [6.07, 6.45) is 0. The third-order valence-corrected chi connectivity index (χ3v) is 12.1. The molecule has 0 N–H and O–H groups in total. The van der Waals surface area contributed by atoms with E-state index in [0.717, 1.165) is 66.3 Å². The van der Waals surface area contributed by atoms with Crippen LogP contribution in [0, 0.1) is 0 Å². The predicted octanol–water partition coefficient (Wildman–Crippen LogP) is 13.9. The number of aromatic nitrogens is 5. The SMILES string of the molecule is c1ccc(-c2ccc(-c3nc(-c4ccccc4)nc(-c4ccc(-c5ccc(-c6cccc(-c7ccc8sc9c%10ccccc%10nnc9c8c7)c6)cc5)cc4)n3)cc2)cc1. The Labute approximate surface area is 345 Å². The lowest BCUT2D eigenvalue weighted by atomic mass is 9.96. The van der Waals surface area contributed by atoms with E-state index < -0.39 is 0 Å². The van der Waals surface area contributed by atoms with Crippen molar-refractivity contribution in [2.24, 2.45) is 0 Å². The van der Waals surface area contributed by atoms with Crippen molar-refractivity contribution in [3.05, 3.63) is 200 Å². The van der Waals surface area contributed by atoms with E-state index in [2.05, 4.69) is 162 Å². The zero-order valence-corrected chi connectivity index (χ0v) is 32.5. The van der Waals surface area contributed by atoms with Gasteiger partial charge in [-0.1, -0.05) is 176 Å². The second-order valence-corrected chi connectivity index (χ2v) is 15.6. The molecular formula is C53H33N5S. The van der Waals surface area contributed by atoms with Crippen molar-refractivity contribution >= 4 is 42.5 Å². The van der Waals surface area contributed by atoms with Crippen LogP contribution in [-0.2, 0) is 0 Å². The summed E-state index contributed by atoms with van der Waals surface area (Å²) in [5, 5.41) is 11.5. The van der Waals surface area contributed by atoms with Gasteiger partial charge < -0.3 is 0 Å². The molecule has 11 rings (SSSR count). The van der Waals surface area contributed by atoms with E-state index in [4.69, 9.17) is 15.0 Å². The highest BCUT2D eigenvalue weighted by Gasteiger charge is 2.15. The quantitative estimate of drug-likeness (QED) is 0.161. The highest BCUT2D eigenvalue weighted by molar-refractivity contribution is 7.26. The lowest BCUT2D eigenvalue weighted by molar-refractivity contribution is 1.07. The maximum atomic E-state index is 4.99. The summed E-state index contributed by atoms with van der Waals surface area (Å²) >= 11 is 1.78. The third kappa shape index (κ3) is 6.61. The Hall–Kier alpha value is -7.67. The van der Waals surface area contributed by atoms with Crippen LogP contribution in [0.3, 0.4) is 0 Å². The van der Waals surface area contributed by atoms with Crippen LogP contribution >= 0.6 is 11.3 Å². The lowest BCUT2D eigenvalue weighted by Crippen LogP contribution is -2.00. The highest BCUT2D eigenvalue weighted by Crippen LogP contribution is 2.39. The van der Waals surface area contributed by atoms with Crippen LogP contribution in [0.4, 0.5) is 0 Å². The Balaban J connectivity index is 0.866. The van der Waals surface area contributed by atoms with Gasteiger partial charge in [0.15, 0.2) is 17.5 Å². The molecule has 0 bridgehead atoms. The van der Waals surface area contributed by atoms with Gasteiger partial charge in [-0.3, -0.25) is 0 Å². The van der Waals surface area contributed by atoms with Crippen molar-refractivity contribution < 1.29 is 0 Å². The zero-order valence-electron chi connectivity index (χ0n) is 31.7. The number of thiophene rings is 1. The van der Waals surface area contributed by atoms with E-state index in [-0.39, 0.29) is 0 Å². The molecule has 0 spiro atoms. The Morgan fingerprint density at radius 2 is 0.695 bits per heavy atom. The minimum atomic E-state index is 0.635. The molecule has 59 heavy (non-hydrogen) atoms. The average molecular weight is 772 g/mol. The van der Waals surface area contributed by atoms with E-state index >= 15 is 0 Å². The first-order valence-corrected chi connectivity index (χ1v) is 20.4. The molecule has 8 aromatic carbocycles. The molecule has 0 unspecified atom stereocenters. The monoisotopic (exact) mass is 771 g/mol. The first-order chi connectivity index (χ1) is 29.2. The molecule has 0 fully saturated rings. The summed E-state index contributed by atoms with van der Waals surface area (Å²) < 4.78 is 2.40. The molecule has 276 valence electrons. The molecule has 6 heteroatoms. The molecule has 0 aliphatic heterocycles. The number of fused-ring (bicyclic) bond motifs is 5. The van der Waals surface area contributed by atoms with Crippen molar-refractivity contribution in [1.29, 1.82) is 0 Å². The molecular weight excluding hydrogens is 739 g/mol. The molecule has 0 atom stereocenters. The molecule has 0 saturated heterocycles. The van der Waals surface area contributed by atoms with Gasteiger partial charge in [0, 0.05) is 32.2 Å². The topological polar surface area (TPSA) is 64.5 Å². The molecule has 0 saturated carbocycles. The molecule has 0 amide bonds. The number of hydrogen-bond donors (Lipinski definition) is 0. The van der Waals surface area contributed by atoms with E-state index in [1.807, 2.05) is 48.5 Å². The molecule has 0 aliphatic rings. The third-order valence-electron chi connectivity index (χ3n) is 10.9. The van der Waals surface area contributed by atoms with Crippen molar-refractivity contribution in [3.8, 4) is 78.7 Å². The molecule has 5 nitrogen and oxygen atoms in total. The number of rotatable bonds is 7. The second-order valence-electron chi connectivity index (χ2n) is 14.6. The van der Waals surface area contributed by atoms with E-state index in [9.17, 15) is 0 Å². The van der Waals surface area contributed by atoms with Gasteiger partial charge in [-0.25, -0.2) is 15.0 Å². The fraction of sp³-hybridized carbons (Fsp3) is 0. The van der Waals surface area contributed by atoms with Gasteiger partial charge in [0.1, 0.15) is 5.52 Å². The Morgan fingerprint density at radius 3 is 1.29 bits per heavy atom. The largest absolute Gasteiger partial charge is 0.208 e. The molecule has 0 radical (unpaired) electrons. The van der Waals surface area contributed by atoms with E-state index in [1.165, 1.54) is 26.1 Å². The Morgan fingerprint density at radius 1 is 0.288 bits per heavy atom. The summed E-state index contributed by atoms with van der Waals surface area (Å²) in [5.41, 5.74) is 13.9. The summed E-state index contributed by atoms with van der Waals surface area (Å²) in [6, 6.07) is 69.8.